The second-order valence-electron chi connectivity index (χ2n) is 14.6. The van der Waals surface area contributed by atoms with Gasteiger partial charge in [-0.05, 0) is 67.9 Å². The van der Waals surface area contributed by atoms with Crippen molar-refractivity contribution >= 4 is 46.1 Å². The van der Waals surface area contributed by atoms with Crippen LogP contribution in [0.5, 0.6) is 0 Å². The Morgan fingerprint density at radius 1 is 0.870 bits per heavy atom. The number of nitrogens with zero attached hydrogens (tertiary/aromatic N) is 5. The van der Waals surface area contributed by atoms with Crippen LogP contribution >= 0.6 is 0 Å². The number of fused-ring (bicyclic) bond motifs is 2. The van der Waals surface area contributed by atoms with Crippen LogP contribution in [0.15, 0.2) is 47.0 Å². The van der Waals surface area contributed by atoms with Crippen molar-refractivity contribution in [1.82, 2.24) is 45.4 Å². The molecule has 284 valence electrons. The van der Waals surface area contributed by atoms with E-state index in [1.54, 1.807) is 16.0 Å². The molecule has 2 fully saturated rings. The minimum Gasteiger partial charge on any atom is -0.465 e. The molecule has 0 saturated carbocycles. The van der Waals surface area contributed by atoms with E-state index in [-0.39, 0.29) is 35.7 Å². The standard InChI is InChI=1S/C38H45N9O7/c1-19(2)29(44-37(50)51)35(48)47-16-8-12-27(47)33-41-24-10-6-9-22(31(24)43-33)34-39-18-28(54-34)21-13-14-23-25(17-21)42-32(40-23)26-11-7-15-46(26)36(49)30(20(3)4)45-38(52)53-5/h6,9-10,13-14,17-20,26-27,29-30,44H,7-8,11-12,15-16H2,1-5H3,(H,40,42)(H,41,43)(H,45,52)(H,50,51)/t26-,27-,29-,30-/m0/s1. The number of imidazole rings is 2. The molecule has 2 aliphatic rings. The van der Waals surface area contributed by atoms with Crippen molar-refractivity contribution < 1.29 is 33.4 Å². The second-order valence-corrected chi connectivity index (χ2v) is 14.6. The molecular weight excluding hydrogens is 694 g/mol. The van der Waals surface area contributed by atoms with Gasteiger partial charge < -0.3 is 44.7 Å². The fraction of sp³-hybridized carbons (Fsp3) is 0.447. The van der Waals surface area contributed by atoms with E-state index in [0.717, 1.165) is 41.4 Å². The molecule has 2 aliphatic heterocycles. The van der Waals surface area contributed by atoms with E-state index in [9.17, 15) is 24.3 Å². The molecule has 4 amide bonds. The quantitative estimate of drug-likeness (QED) is 0.117. The van der Waals surface area contributed by atoms with Gasteiger partial charge in [0, 0.05) is 18.7 Å². The topological polar surface area (TPSA) is 212 Å². The minimum atomic E-state index is -1.23. The Balaban J connectivity index is 1.12. The number of carbonyl (C=O) groups excluding carboxylic acids is 3. The van der Waals surface area contributed by atoms with Crippen LogP contribution in [0.3, 0.4) is 0 Å². The van der Waals surface area contributed by atoms with Crippen LogP contribution in [-0.4, -0.2) is 96.1 Å². The second kappa shape index (κ2) is 14.8. The number of aromatic nitrogens is 5. The van der Waals surface area contributed by atoms with E-state index in [1.807, 2.05) is 64.1 Å². The number of H-pyrrole nitrogens is 2. The van der Waals surface area contributed by atoms with E-state index < -0.39 is 24.3 Å². The molecule has 16 nitrogen and oxygen atoms in total. The van der Waals surface area contributed by atoms with Crippen LogP contribution in [-0.2, 0) is 14.3 Å². The van der Waals surface area contributed by atoms with E-state index in [0.29, 0.717) is 53.9 Å². The zero-order chi connectivity index (χ0) is 38.3. The molecule has 0 aliphatic carbocycles. The molecule has 16 heteroatoms. The van der Waals surface area contributed by atoms with Crippen molar-refractivity contribution in [3.8, 4) is 22.8 Å². The minimum absolute atomic E-state index is 0.134. The summed E-state index contributed by atoms with van der Waals surface area (Å²) in [4.78, 5) is 75.2. The monoisotopic (exact) mass is 739 g/mol. The Labute approximate surface area is 311 Å². The Morgan fingerprint density at radius 3 is 2.13 bits per heavy atom. The third kappa shape index (κ3) is 6.95. The van der Waals surface area contributed by atoms with Crippen molar-refractivity contribution in [2.45, 2.75) is 77.5 Å². The highest BCUT2D eigenvalue weighted by molar-refractivity contribution is 5.91. The number of oxazole rings is 1. The largest absolute Gasteiger partial charge is 0.465 e. The Hall–Kier alpha value is -5.93. The summed E-state index contributed by atoms with van der Waals surface area (Å²) in [7, 11) is 1.28. The molecule has 0 spiro atoms. The molecule has 4 atom stereocenters. The molecule has 0 radical (unpaired) electrons. The summed E-state index contributed by atoms with van der Waals surface area (Å²) in [6, 6.07) is 9.25. The van der Waals surface area contributed by atoms with E-state index in [2.05, 4.69) is 25.6 Å². The highest BCUT2D eigenvalue weighted by Crippen LogP contribution is 2.37. The normalized spacial score (nSPS) is 18.5. The van der Waals surface area contributed by atoms with Crippen molar-refractivity contribution in [3.05, 3.63) is 54.2 Å². The van der Waals surface area contributed by atoms with Gasteiger partial charge in [-0.3, -0.25) is 9.59 Å². The van der Waals surface area contributed by atoms with Gasteiger partial charge in [0.2, 0.25) is 17.7 Å². The van der Waals surface area contributed by atoms with Crippen LogP contribution in [0.4, 0.5) is 9.59 Å². The van der Waals surface area contributed by atoms with Crippen molar-refractivity contribution in [3.63, 3.8) is 0 Å². The molecule has 0 unspecified atom stereocenters. The van der Waals surface area contributed by atoms with Crippen LogP contribution in [0.1, 0.15) is 77.1 Å². The van der Waals surface area contributed by atoms with Gasteiger partial charge in [-0.1, -0.05) is 33.8 Å². The lowest BCUT2D eigenvalue weighted by atomic mass is 10.0. The number of para-hydroxylation sites is 1. The van der Waals surface area contributed by atoms with Crippen LogP contribution in [0.2, 0.25) is 0 Å². The van der Waals surface area contributed by atoms with Gasteiger partial charge in [-0.2, -0.15) is 0 Å². The fourth-order valence-electron chi connectivity index (χ4n) is 7.59. The SMILES string of the molecule is COC(=O)N[C@H](C(=O)N1CCC[C@H]1c1nc2ccc(-c3cnc(-c4cccc5[nH]c([C@@H]6CCCN6C(=O)[C@@H](NC(=O)O)C(C)C)nc45)o3)cc2[nH]1)C(C)C. The molecule has 2 aromatic carbocycles. The maximum Gasteiger partial charge on any atom is 0.407 e. The number of carboxylic acid groups (broad SMARTS) is 1. The summed E-state index contributed by atoms with van der Waals surface area (Å²) in [5.74, 6) is 1.42. The maximum absolute atomic E-state index is 13.6. The van der Waals surface area contributed by atoms with Crippen LogP contribution in [0.25, 0.3) is 44.8 Å². The Morgan fingerprint density at radius 2 is 1.50 bits per heavy atom. The first-order chi connectivity index (χ1) is 25.9. The predicted octanol–water partition coefficient (Wildman–Crippen LogP) is 5.76. The first-order valence-electron chi connectivity index (χ1n) is 18.3. The van der Waals surface area contributed by atoms with Gasteiger partial charge >= 0.3 is 12.2 Å². The van der Waals surface area contributed by atoms with Gasteiger partial charge in [-0.25, -0.2) is 24.5 Å². The number of amides is 4. The molecule has 7 rings (SSSR count). The number of rotatable bonds is 10. The van der Waals surface area contributed by atoms with Crippen molar-refractivity contribution in [2.24, 2.45) is 11.8 Å². The molecule has 5 heterocycles. The molecule has 54 heavy (non-hydrogen) atoms. The lowest BCUT2D eigenvalue weighted by Crippen LogP contribution is -2.51. The van der Waals surface area contributed by atoms with Crippen LogP contribution in [0, 0.1) is 11.8 Å². The summed E-state index contributed by atoms with van der Waals surface area (Å²) in [5, 5.41) is 14.4. The Kier molecular flexibility index (Phi) is 10.0. The average Bonchev–Trinajstić information content (AvgIpc) is 3.99. The van der Waals surface area contributed by atoms with Gasteiger partial charge in [0.25, 0.3) is 0 Å². The third-order valence-corrected chi connectivity index (χ3v) is 10.4. The summed E-state index contributed by atoms with van der Waals surface area (Å²) >= 11 is 0. The van der Waals surface area contributed by atoms with Crippen molar-refractivity contribution in [1.29, 1.82) is 0 Å². The molecule has 5 aromatic rings. The van der Waals surface area contributed by atoms with Gasteiger partial charge in [0.05, 0.1) is 47.5 Å². The lowest BCUT2D eigenvalue weighted by Gasteiger charge is -2.29. The summed E-state index contributed by atoms with van der Waals surface area (Å²) in [5.41, 5.74) is 4.39. The van der Waals surface area contributed by atoms with E-state index in [1.165, 1.54) is 7.11 Å². The van der Waals surface area contributed by atoms with Crippen LogP contribution < -0.4 is 10.6 Å². The highest BCUT2D eigenvalue weighted by Gasteiger charge is 2.39. The molecule has 5 N–H and O–H groups in total. The number of carbonyl (C=O) groups is 4. The fourth-order valence-corrected chi connectivity index (χ4v) is 7.59. The number of benzene rings is 2. The summed E-state index contributed by atoms with van der Waals surface area (Å²) < 4.78 is 11.1. The lowest BCUT2D eigenvalue weighted by molar-refractivity contribution is -0.136. The molecule has 0 bridgehead atoms. The molecule has 3 aromatic heterocycles. The summed E-state index contributed by atoms with van der Waals surface area (Å²) in [6.45, 7) is 8.47. The number of nitrogens with one attached hydrogen (secondary N) is 4. The number of ether oxygens (including phenoxy) is 1. The van der Waals surface area contributed by atoms with E-state index >= 15 is 0 Å². The molecule has 2 saturated heterocycles. The highest BCUT2D eigenvalue weighted by atomic mass is 16.5. The number of hydrogen-bond donors (Lipinski definition) is 5. The summed E-state index contributed by atoms with van der Waals surface area (Å²) in [6.07, 6.45) is 2.80. The number of aromatic amines is 2. The van der Waals surface area contributed by atoms with Gasteiger partial charge in [0.15, 0.2) is 5.76 Å². The number of likely N-dealkylation sites (tertiary alicyclic amines) is 2. The maximum atomic E-state index is 13.6. The van der Waals surface area contributed by atoms with Gasteiger partial charge in [0.1, 0.15) is 29.2 Å². The zero-order valence-corrected chi connectivity index (χ0v) is 30.9. The first kappa shape index (κ1) is 36.4. The zero-order valence-electron chi connectivity index (χ0n) is 30.9. The number of alkyl carbamates (subject to hydrolysis) is 1. The third-order valence-electron chi connectivity index (χ3n) is 10.4. The van der Waals surface area contributed by atoms with Gasteiger partial charge in [-0.15, -0.1) is 0 Å². The smallest absolute Gasteiger partial charge is 0.407 e. The predicted molar refractivity (Wildman–Crippen MR) is 198 cm³/mol. The van der Waals surface area contributed by atoms with E-state index in [4.69, 9.17) is 19.1 Å². The first-order valence-corrected chi connectivity index (χ1v) is 18.3. The van der Waals surface area contributed by atoms with Crippen molar-refractivity contribution in [2.75, 3.05) is 20.2 Å². The Bertz CT molecular complexity index is 2200. The number of hydrogen-bond acceptors (Lipinski definition) is 9. The molecular formula is C38H45N9O7. The average molecular weight is 740 g/mol. The number of methoxy groups -OCH3 is 1.